The highest BCUT2D eigenvalue weighted by molar-refractivity contribution is 5.80. The Morgan fingerprint density at radius 2 is 2.12 bits per heavy atom. The van der Waals surface area contributed by atoms with Crippen LogP contribution in [0.5, 0.6) is 0 Å². The van der Waals surface area contributed by atoms with Crippen LogP contribution in [0, 0.1) is 12.7 Å². The van der Waals surface area contributed by atoms with Crippen molar-refractivity contribution in [2.75, 3.05) is 6.54 Å². The summed E-state index contributed by atoms with van der Waals surface area (Å²) in [7, 11) is 0. The zero-order valence-corrected chi connectivity index (χ0v) is 9.33. The summed E-state index contributed by atoms with van der Waals surface area (Å²) >= 11 is 0. The Hall–Kier alpha value is -1.48. The molecule has 2 aromatic rings. The van der Waals surface area contributed by atoms with Crippen molar-refractivity contribution in [3.63, 3.8) is 0 Å². The second kappa shape index (κ2) is 4.58. The van der Waals surface area contributed by atoms with Gasteiger partial charge in [-0.1, -0.05) is 6.07 Å². The van der Waals surface area contributed by atoms with E-state index in [1.165, 1.54) is 0 Å². The van der Waals surface area contributed by atoms with Crippen LogP contribution in [0.25, 0.3) is 10.9 Å². The third-order valence-electron chi connectivity index (χ3n) is 2.61. The monoisotopic (exact) mass is 218 g/mol. The molecule has 2 N–H and O–H groups in total. The van der Waals surface area contributed by atoms with E-state index in [1.54, 1.807) is 6.07 Å². The molecule has 0 aliphatic carbocycles. The smallest absolute Gasteiger partial charge is 0.149 e. The van der Waals surface area contributed by atoms with Gasteiger partial charge in [-0.05, 0) is 50.1 Å². The van der Waals surface area contributed by atoms with Gasteiger partial charge in [-0.15, -0.1) is 0 Å². The molecule has 0 aliphatic rings. The molecule has 0 aliphatic heterocycles. The van der Waals surface area contributed by atoms with Crippen LogP contribution in [0.2, 0.25) is 0 Å². The van der Waals surface area contributed by atoms with Crippen LogP contribution in [0.3, 0.4) is 0 Å². The minimum atomic E-state index is -0.242. The predicted octanol–water partition coefficient (Wildman–Crippen LogP) is 2.57. The van der Waals surface area contributed by atoms with Gasteiger partial charge in [0.1, 0.15) is 11.3 Å². The summed E-state index contributed by atoms with van der Waals surface area (Å²) in [5.41, 5.74) is 7.72. The first-order chi connectivity index (χ1) is 7.70. The van der Waals surface area contributed by atoms with Gasteiger partial charge in [0, 0.05) is 11.1 Å². The van der Waals surface area contributed by atoms with E-state index < -0.39 is 0 Å². The predicted molar refractivity (Wildman–Crippen MR) is 63.8 cm³/mol. The first-order valence-corrected chi connectivity index (χ1v) is 5.46. The molecular weight excluding hydrogens is 203 g/mol. The minimum absolute atomic E-state index is 0.242. The molecule has 0 spiro atoms. The average Bonchev–Trinajstić information content (AvgIpc) is 2.27. The van der Waals surface area contributed by atoms with Crippen LogP contribution in [0.4, 0.5) is 4.39 Å². The summed E-state index contributed by atoms with van der Waals surface area (Å²) in [4.78, 5) is 4.20. The fourth-order valence-electron chi connectivity index (χ4n) is 1.80. The summed E-state index contributed by atoms with van der Waals surface area (Å²) in [6.45, 7) is 2.49. The molecule has 0 bridgehead atoms. The number of fused-ring (bicyclic) bond motifs is 1. The van der Waals surface area contributed by atoms with Gasteiger partial charge in [-0.2, -0.15) is 0 Å². The molecule has 3 heteroatoms. The van der Waals surface area contributed by atoms with Crippen molar-refractivity contribution in [3.05, 3.63) is 41.3 Å². The number of halogens is 1. The number of nitrogens with two attached hydrogens (primary N) is 1. The Morgan fingerprint density at radius 3 is 2.88 bits per heavy atom. The molecule has 2 nitrogen and oxygen atoms in total. The van der Waals surface area contributed by atoms with Gasteiger partial charge in [-0.3, -0.25) is 4.98 Å². The molecule has 2 rings (SSSR count). The fourth-order valence-corrected chi connectivity index (χ4v) is 1.80. The summed E-state index contributed by atoms with van der Waals surface area (Å²) in [6.07, 6.45) is 1.70. The molecule has 0 unspecified atom stereocenters. The number of hydrogen-bond acceptors (Lipinski definition) is 2. The number of rotatable bonds is 3. The fraction of sp³-hybridized carbons (Fsp3) is 0.308. The lowest BCUT2D eigenvalue weighted by atomic mass is 10.1. The number of aryl methyl sites for hydroxylation is 2. The highest BCUT2D eigenvalue weighted by Gasteiger charge is 2.05. The van der Waals surface area contributed by atoms with E-state index >= 15 is 0 Å². The van der Waals surface area contributed by atoms with Crippen molar-refractivity contribution < 1.29 is 4.39 Å². The van der Waals surface area contributed by atoms with Crippen LogP contribution in [0.15, 0.2) is 24.3 Å². The van der Waals surface area contributed by atoms with Crippen molar-refractivity contribution in [1.29, 1.82) is 0 Å². The van der Waals surface area contributed by atoms with Gasteiger partial charge in [-0.25, -0.2) is 4.39 Å². The molecule has 84 valence electrons. The largest absolute Gasteiger partial charge is 0.330 e. The van der Waals surface area contributed by atoms with E-state index in [0.29, 0.717) is 12.1 Å². The Labute approximate surface area is 94.3 Å². The lowest BCUT2D eigenvalue weighted by Gasteiger charge is -2.05. The topological polar surface area (TPSA) is 38.9 Å². The lowest BCUT2D eigenvalue weighted by molar-refractivity contribution is 0.633. The standard InChI is InChI=1S/C13H15FN2/c1-9-4-5-11-7-10(3-2-6-15)8-12(14)13(11)16-9/h4-5,7-8H,2-3,6,15H2,1H3. The van der Waals surface area contributed by atoms with Crippen molar-refractivity contribution in [3.8, 4) is 0 Å². The number of benzene rings is 1. The molecule has 0 saturated heterocycles. The van der Waals surface area contributed by atoms with Crippen LogP contribution >= 0.6 is 0 Å². The lowest BCUT2D eigenvalue weighted by Crippen LogP contribution is -2.01. The molecular formula is C13H15FN2. The Kier molecular flexibility index (Phi) is 3.15. The molecule has 0 radical (unpaired) electrons. The highest BCUT2D eigenvalue weighted by Crippen LogP contribution is 2.19. The van der Waals surface area contributed by atoms with E-state index in [9.17, 15) is 4.39 Å². The number of nitrogens with zero attached hydrogens (tertiary/aromatic N) is 1. The van der Waals surface area contributed by atoms with Gasteiger partial charge >= 0.3 is 0 Å². The van der Waals surface area contributed by atoms with Crippen molar-refractivity contribution in [2.24, 2.45) is 5.73 Å². The molecule has 0 amide bonds. The van der Waals surface area contributed by atoms with E-state index in [1.807, 2.05) is 25.1 Å². The van der Waals surface area contributed by atoms with Crippen molar-refractivity contribution >= 4 is 10.9 Å². The van der Waals surface area contributed by atoms with E-state index in [4.69, 9.17) is 5.73 Å². The van der Waals surface area contributed by atoms with Crippen LogP contribution in [0.1, 0.15) is 17.7 Å². The minimum Gasteiger partial charge on any atom is -0.330 e. The average molecular weight is 218 g/mol. The van der Waals surface area contributed by atoms with Crippen molar-refractivity contribution in [1.82, 2.24) is 4.98 Å². The normalized spacial score (nSPS) is 10.9. The Morgan fingerprint density at radius 1 is 1.31 bits per heavy atom. The number of hydrogen-bond donors (Lipinski definition) is 1. The maximum atomic E-state index is 13.8. The molecule has 1 aromatic heterocycles. The zero-order chi connectivity index (χ0) is 11.5. The first kappa shape index (κ1) is 11.0. The molecule has 1 aromatic carbocycles. The Bertz CT molecular complexity index is 509. The van der Waals surface area contributed by atoms with Gasteiger partial charge < -0.3 is 5.73 Å². The van der Waals surface area contributed by atoms with E-state index in [2.05, 4.69) is 4.98 Å². The SMILES string of the molecule is Cc1ccc2cc(CCCN)cc(F)c2n1. The van der Waals surface area contributed by atoms with Crippen LogP contribution < -0.4 is 5.73 Å². The maximum Gasteiger partial charge on any atom is 0.149 e. The van der Waals surface area contributed by atoms with E-state index in [-0.39, 0.29) is 5.82 Å². The van der Waals surface area contributed by atoms with Gasteiger partial charge in [0.05, 0.1) is 0 Å². The quantitative estimate of drug-likeness (QED) is 0.860. The molecule has 16 heavy (non-hydrogen) atoms. The third kappa shape index (κ3) is 2.19. The Balaban J connectivity index is 2.46. The van der Waals surface area contributed by atoms with Gasteiger partial charge in [0.25, 0.3) is 0 Å². The molecule has 0 saturated carbocycles. The highest BCUT2D eigenvalue weighted by atomic mass is 19.1. The van der Waals surface area contributed by atoms with Crippen molar-refractivity contribution in [2.45, 2.75) is 19.8 Å². The number of pyridine rings is 1. The second-order valence-electron chi connectivity index (χ2n) is 3.99. The number of aromatic nitrogens is 1. The zero-order valence-electron chi connectivity index (χ0n) is 9.33. The molecule has 0 atom stereocenters. The summed E-state index contributed by atoms with van der Waals surface area (Å²) in [6, 6.07) is 7.35. The second-order valence-corrected chi connectivity index (χ2v) is 3.99. The molecule has 0 fully saturated rings. The van der Waals surface area contributed by atoms with E-state index in [0.717, 1.165) is 29.5 Å². The maximum absolute atomic E-state index is 13.8. The third-order valence-corrected chi connectivity index (χ3v) is 2.61. The summed E-state index contributed by atoms with van der Waals surface area (Å²) in [5.74, 6) is -0.242. The van der Waals surface area contributed by atoms with Gasteiger partial charge in [0.15, 0.2) is 0 Å². The molecule has 1 heterocycles. The van der Waals surface area contributed by atoms with Crippen LogP contribution in [-0.2, 0) is 6.42 Å². The summed E-state index contributed by atoms with van der Waals surface area (Å²) < 4.78 is 13.8. The van der Waals surface area contributed by atoms with Gasteiger partial charge in [0.2, 0.25) is 0 Å². The summed E-state index contributed by atoms with van der Waals surface area (Å²) in [5, 5.41) is 0.859. The van der Waals surface area contributed by atoms with Crippen LogP contribution in [-0.4, -0.2) is 11.5 Å². The first-order valence-electron chi connectivity index (χ1n) is 5.46.